The van der Waals surface area contributed by atoms with Crippen LogP contribution in [0.2, 0.25) is 0 Å². The smallest absolute Gasteiger partial charge is 0.338 e. The Labute approximate surface area is 111 Å². The van der Waals surface area contributed by atoms with Crippen LogP contribution in [0.4, 0.5) is 0 Å². The third-order valence-corrected chi connectivity index (χ3v) is 4.79. The van der Waals surface area contributed by atoms with Gasteiger partial charge in [0.05, 0.1) is 10.8 Å². The van der Waals surface area contributed by atoms with Crippen molar-refractivity contribution < 1.29 is 9.53 Å². The van der Waals surface area contributed by atoms with Crippen molar-refractivity contribution in [2.75, 3.05) is 12.9 Å². The van der Waals surface area contributed by atoms with Gasteiger partial charge in [0.1, 0.15) is 6.61 Å². The summed E-state index contributed by atoms with van der Waals surface area (Å²) >= 11 is 0. The van der Waals surface area contributed by atoms with Crippen molar-refractivity contribution in [1.29, 1.82) is 0 Å². The summed E-state index contributed by atoms with van der Waals surface area (Å²) in [5.41, 5.74) is 0.615. The number of esters is 1. The summed E-state index contributed by atoms with van der Waals surface area (Å²) in [6, 6.07) is 9.11. The Kier molecular flexibility index (Phi) is 6.52. The van der Waals surface area contributed by atoms with E-state index in [0.29, 0.717) is 23.3 Å². The maximum absolute atomic E-state index is 11.7. The predicted molar refractivity (Wildman–Crippen MR) is 76.5 cm³/mol. The molecule has 0 fully saturated rings. The van der Waals surface area contributed by atoms with E-state index in [2.05, 4.69) is 13.8 Å². The van der Waals surface area contributed by atoms with E-state index < -0.39 is 0 Å². The van der Waals surface area contributed by atoms with Gasteiger partial charge in [-0.05, 0) is 24.3 Å². The normalized spacial score (nSPS) is 12.5. The highest BCUT2D eigenvalue weighted by Crippen LogP contribution is 2.29. The topological polar surface area (TPSA) is 26.3 Å². The van der Waals surface area contributed by atoms with Gasteiger partial charge in [0.25, 0.3) is 0 Å². The molecule has 0 heterocycles. The van der Waals surface area contributed by atoms with Crippen LogP contribution in [0.15, 0.2) is 30.3 Å². The second-order valence-electron chi connectivity index (χ2n) is 4.01. The lowest BCUT2D eigenvalue weighted by molar-refractivity contribution is 0.0495. The zero-order valence-corrected chi connectivity index (χ0v) is 12.0. The first kappa shape index (κ1) is 14.5. The van der Waals surface area contributed by atoms with Crippen LogP contribution in [0.3, 0.4) is 0 Å². The number of hydrogen-bond acceptors (Lipinski definition) is 4. The van der Waals surface area contributed by atoms with Crippen LogP contribution in [0.1, 0.15) is 24.2 Å². The Bertz CT molecular complexity index is 339. The SMILES string of the molecule is CSS[C@@H](COC(=O)c1ccccc1)C(C)C. The van der Waals surface area contributed by atoms with E-state index in [1.807, 2.05) is 24.5 Å². The summed E-state index contributed by atoms with van der Waals surface area (Å²) in [6.07, 6.45) is 2.04. The molecule has 0 bridgehead atoms. The Morgan fingerprint density at radius 2 is 1.94 bits per heavy atom. The fourth-order valence-corrected chi connectivity index (χ4v) is 3.44. The molecule has 0 unspecified atom stereocenters. The van der Waals surface area contributed by atoms with E-state index in [4.69, 9.17) is 4.74 Å². The Hall–Kier alpha value is -0.610. The predicted octanol–water partition coefficient (Wildman–Crippen LogP) is 3.88. The van der Waals surface area contributed by atoms with Crippen LogP contribution in [0, 0.1) is 5.92 Å². The Balaban J connectivity index is 2.47. The Morgan fingerprint density at radius 3 is 2.47 bits per heavy atom. The average molecular weight is 270 g/mol. The average Bonchev–Trinajstić information content (AvgIpc) is 2.34. The molecule has 1 atom stereocenters. The van der Waals surface area contributed by atoms with Gasteiger partial charge in [0, 0.05) is 0 Å². The lowest BCUT2D eigenvalue weighted by Crippen LogP contribution is -2.20. The molecule has 94 valence electrons. The molecule has 0 amide bonds. The first-order valence-corrected chi connectivity index (χ1v) is 8.19. The Morgan fingerprint density at radius 1 is 1.29 bits per heavy atom. The molecule has 0 saturated heterocycles. The highest BCUT2D eigenvalue weighted by atomic mass is 33.1. The quantitative estimate of drug-likeness (QED) is 0.579. The largest absolute Gasteiger partial charge is 0.461 e. The third kappa shape index (κ3) is 5.04. The first-order chi connectivity index (χ1) is 8.15. The molecule has 1 aromatic rings. The van der Waals surface area contributed by atoms with E-state index in [1.54, 1.807) is 33.7 Å². The number of carbonyl (C=O) groups excluding carboxylic acids is 1. The van der Waals surface area contributed by atoms with Crippen molar-refractivity contribution in [3.05, 3.63) is 35.9 Å². The first-order valence-electron chi connectivity index (χ1n) is 5.56. The summed E-state index contributed by atoms with van der Waals surface area (Å²) in [7, 11) is 3.47. The number of ether oxygens (including phenoxy) is 1. The van der Waals surface area contributed by atoms with Gasteiger partial charge >= 0.3 is 5.97 Å². The zero-order valence-electron chi connectivity index (χ0n) is 10.4. The molecule has 1 aromatic carbocycles. The van der Waals surface area contributed by atoms with Crippen molar-refractivity contribution in [2.24, 2.45) is 5.92 Å². The number of benzene rings is 1. The highest BCUT2D eigenvalue weighted by Gasteiger charge is 2.16. The van der Waals surface area contributed by atoms with Gasteiger partial charge < -0.3 is 4.74 Å². The van der Waals surface area contributed by atoms with Gasteiger partial charge in [-0.25, -0.2) is 4.79 Å². The van der Waals surface area contributed by atoms with E-state index in [0.717, 1.165) is 0 Å². The summed E-state index contributed by atoms with van der Waals surface area (Å²) in [5, 5.41) is 0.345. The van der Waals surface area contributed by atoms with Gasteiger partial charge in [0.15, 0.2) is 0 Å². The van der Waals surface area contributed by atoms with Crippen LogP contribution < -0.4 is 0 Å². The highest BCUT2D eigenvalue weighted by molar-refractivity contribution is 8.76. The van der Waals surface area contributed by atoms with Crippen molar-refractivity contribution in [3.63, 3.8) is 0 Å². The monoisotopic (exact) mass is 270 g/mol. The van der Waals surface area contributed by atoms with Gasteiger partial charge in [0.2, 0.25) is 0 Å². The summed E-state index contributed by atoms with van der Waals surface area (Å²) in [6.45, 7) is 4.76. The minimum Gasteiger partial charge on any atom is -0.461 e. The molecule has 0 aliphatic rings. The molecule has 0 radical (unpaired) electrons. The molecular formula is C13H18O2S2. The minimum atomic E-state index is -0.238. The van der Waals surface area contributed by atoms with Gasteiger partial charge in [-0.3, -0.25) is 0 Å². The summed E-state index contributed by atoms with van der Waals surface area (Å²) in [5.74, 6) is 0.258. The number of rotatable bonds is 6. The molecule has 0 aliphatic carbocycles. The van der Waals surface area contributed by atoms with Gasteiger partial charge in [-0.1, -0.05) is 53.6 Å². The molecule has 4 heteroatoms. The second-order valence-corrected chi connectivity index (χ2v) is 6.72. The zero-order chi connectivity index (χ0) is 12.7. The molecule has 1 rings (SSSR count). The maximum atomic E-state index is 11.7. The second kappa shape index (κ2) is 7.67. The van der Waals surface area contributed by atoms with Gasteiger partial charge in [-0.15, -0.1) is 0 Å². The molecule has 2 nitrogen and oxygen atoms in total. The number of hydrogen-bond donors (Lipinski definition) is 0. The fraction of sp³-hybridized carbons (Fsp3) is 0.462. The molecule has 0 aromatic heterocycles. The maximum Gasteiger partial charge on any atom is 0.338 e. The van der Waals surface area contributed by atoms with E-state index in [9.17, 15) is 4.79 Å². The van der Waals surface area contributed by atoms with Crippen LogP contribution in [-0.4, -0.2) is 24.1 Å². The molecule has 0 saturated carbocycles. The van der Waals surface area contributed by atoms with E-state index in [1.165, 1.54) is 0 Å². The number of carbonyl (C=O) groups is 1. The van der Waals surface area contributed by atoms with E-state index in [-0.39, 0.29) is 5.97 Å². The van der Waals surface area contributed by atoms with Crippen molar-refractivity contribution in [3.8, 4) is 0 Å². The molecule has 17 heavy (non-hydrogen) atoms. The fourth-order valence-electron chi connectivity index (χ4n) is 1.27. The standard InChI is InChI=1S/C13H18O2S2/c1-10(2)12(17-16-3)9-15-13(14)11-7-5-4-6-8-11/h4-8,10,12H,9H2,1-3H3/t12-/m0/s1. The molecule has 0 aliphatic heterocycles. The van der Waals surface area contributed by atoms with Gasteiger partial charge in [-0.2, -0.15) is 0 Å². The summed E-state index contributed by atoms with van der Waals surface area (Å²) < 4.78 is 5.33. The molecular weight excluding hydrogens is 252 g/mol. The molecule has 0 spiro atoms. The molecule has 0 N–H and O–H groups in total. The van der Waals surface area contributed by atoms with Crippen LogP contribution in [-0.2, 0) is 4.74 Å². The van der Waals surface area contributed by atoms with Crippen LogP contribution >= 0.6 is 21.6 Å². The lowest BCUT2D eigenvalue weighted by atomic mass is 10.1. The van der Waals surface area contributed by atoms with Crippen LogP contribution in [0.5, 0.6) is 0 Å². The van der Waals surface area contributed by atoms with E-state index >= 15 is 0 Å². The summed E-state index contributed by atoms with van der Waals surface area (Å²) in [4.78, 5) is 11.7. The third-order valence-electron chi connectivity index (χ3n) is 2.35. The lowest BCUT2D eigenvalue weighted by Gasteiger charge is -2.18. The minimum absolute atomic E-state index is 0.238. The van der Waals surface area contributed by atoms with Crippen molar-refractivity contribution in [1.82, 2.24) is 0 Å². The van der Waals surface area contributed by atoms with Crippen molar-refractivity contribution >= 4 is 27.6 Å². The van der Waals surface area contributed by atoms with Crippen molar-refractivity contribution in [2.45, 2.75) is 19.1 Å². The van der Waals surface area contributed by atoms with Crippen LogP contribution in [0.25, 0.3) is 0 Å².